The van der Waals surface area contributed by atoms with Gasteiger partial charge in [-0.25, -0.2) is 15.0 Å². The highest BCUT2D eigenvalue weighted by Gasteiger charge is 2.11. The zero-order valence-corrected chi connectivity index (χ0v) is 14.8. The van der Waals surface area contributed by atoms with Gasteiger partial charge in [-0.3, -0.25) is 0 Å². The quantitative estimate of drug-likeness (QED) is 0.525. The van der Waals surface area contributed by atoms with Crippen LogP contribution in [0, 0.1) is 6.92 Å². The molecular formula is C19H19N5S. The first kappa shape index (κ1) is 15.8. The standard InChI is InChI=1S/C19H19N5S/c1-14-12-16-18(21-8-5-10-24-11-9-20-13-24)22-17(23-19(16)25-14)15-6-3-2-4-7-15/h2-4,6-7,9,11-13H,5,8,10H2,1H3,(H,21,22,23). The molecule has 1 N–H and O–H groups in total. The monoisotopic (exact) mass is 349 g/mol. The number of fused-ring (bicyclic) bond motifs is 1. The number of imidazole rings is 1. The van der Waals surface area contributed by atoms with Gasteiger partial charge in [0.15, 0.2) is 5.82 Å². The van der Waals surface area contributed by atoms with Crippen LogP contribution in [0.5, 0.6) is 0 Å². The number of nitrogens with zero attached hydrogens (tertiary/aromatic N) is 4. The highest BCUT2D eigenvalue weighted by molar-refractivity contribution is 7.18. The lowest BCUT2D eigenvalue weighted by atomic mass is 10.2. The van der Waals surface area contributed by atoms with E-state index in [2.05, 4.69) is 27.9 Å². The fourth-order valence-electron chi connectivity index (χ4n) is 2.78. The van der Waals surface area contributed by atoms with Crippen molar-refractivity contribution in [3.63, 3.8) is 0 Å². The molecule has 0 spiro atoms. The van der Waals surface area contributed by atoms with Crippen molar-refractivity contribution in [2.24, 2.45) is 0 Å². The van der Waals surface area contributed by atoms with Crippen LogP contribution in [0.1, 0.15) is 11.3 Å². The molecule has 1 aromatic carbocycles. The van der Waals surface area contributed by atoms with E-state index >= 15 is 0 Å². The number of aromatic nitrogens is 4. The third-order valence-corrected chi connectivity index (χ3v) is 4.94. The molecule has 0 aliphatic heterocycles. The Morgan fingerprint density at radius 2 is 2.04 bits per heavy atom. The maximum Gasteiger partial charge on any atom is 0.163 e. The average molecular weight is 349 g/mol. The smallest absolute Gasteiger partial charge is 0.163 e. The van der Waals surface area contributed by atoms with Crippen LogP contribution >= 0.6 is 11.3 Å². The van der Waals surface area contributed by atoms with E-state index in [0.717, 1.165) is 46.9 Å². The van der Waals surface area contributed by atoms with Crippen LogP contribution in [0.25, 0.3) is 21.6 Å². The first-order valence-corrected chi connectivity index (χ1v) is 9.14. The number of benzene rings is 1. The van der Waals surface area contributed by atoms with Crippen LogP contribution in [0.15, 0.2) is 55.1 Å². The lowest BCUT2D eigenvalue weighted by Gasteiger charge is -2.09. The summed E-state index contributed by atoms with van der Waals surface area (Å²) in [5.74, 6) is 1.69. The minimum Gasteiger partial charge on any atom is -0.369 e. The molecule has 6 heteroatoms. The molecule has 5 nitrogen and oxygen atoms in total. The maximum absolute atomic E-state index is 4.78. The Morgan fingerprint density at radius 3 is 2.84 bits per heavy atom. The van der Waals surface area contributed by atoms with Gasteiger partial charge in [-0.05, 0) is 19.4 Å². The first-order valence-electron chi connectivity index (χ1n) is 8.33. The van der Waals surface area contributed by atoms with Gasteiger partial charge in [0, 0.05) is 35.9 Å². The number of rotatable bonds is 6. The van der Waals surface area contributed by atoms with E-state index in [1.807, 2.05) is 49.1 Å². The topological polar surface area (TPSA) is 55.6 Å². The van der Waals surface area contributed by atoms with Crippen molar-refractivity contribution in [1.82, 2.24) is 19.5 Å². The fraction of sp³-hybridized carbons (Fsp3) is 0.211. The van der Waals surface area contributed by atoms with Crippen LogP contribution in [0.4, 0.5) is 5.82 Å². The molecular weight excluding hydrogens is 330 g/mol. The third kappa shape index (κ3) is 3.53. The van der Waals surface area contributed by atoms with Crippen LogP contribution in [0.3, 0.4) is 0 Å². The highest BCUT2D eigenvalue weighted by Crippen LogP contribution is 2.30. The van der Waals surface area contributed by atoms with Crippen molar-refractivity contribution in [3.05, 3.63) is 60.0 Å². The molecule has 4 aromatic rings. The van der Waals surface area contributed by atoms with Gasteiger partial charge in [0.2, 0.25) is 0 Å². The molecule has 3 aromatic heterocycles. The molecule has 126 valence electrons. The molecule has 25 heavy (non-hydrogen) atoms. The molecule has 0 saturated heterocycles. The summed E-state index contributed by atoms with van der Waals surface area (Å²) < 4.78 is 2.08. The van der Waals surface area contributed by atoms with E-state index < -0.39 is 0 Å². The largest absolute Gasteiger partial charge is 0.369 e. The van der Waals surface area contributed by atoms with Gasteiger partial charge in [-0.2, -0.15) is 0 Å². The normalized spacial score (nSPS) is 11.1. The lowest BCUT2D eigenvalue weighted by Crippen LogP contribution is -2.08. The lowest BCUT2D eigenvalue weighted by molar-refractivity contribution is 0.660. The molecule has 0 unspecified atom stereocenters. The van der Waals surface area contributed by atoms with Crippen LogP contribution < -0.4 is 5.32 Å². The van der Waals surface area contributed by atoms with Gasteiger partial charge in [0.05, 0.1) is 11.7 Å². The summed E-state index contributed by atoms with van der Waals surface area (Å²) in [6.07, 6.45) is 6.64. The minimum absolute atomic E-state index is 0.770. The number of hydrogen-bond acceptors (Lipinski definition) is 5. The third-order valence-electron chi connectivity index (χ3n) is 3.99. The summed E-state index contributed by atoms with van der Waals surface area (Å²) in [5, 5.41) is 4.60. The molecule has 0 atom stereocenters. The number of thiophene rings is 1. The highest BCUT2D eigenvalue weighted by atomic mass is 32.1. The summed E-state index contributed by atoms with van der Waals surface area (Å²) in [5.41, 5.74) is 1.04. The number of aryl methyl sites for hydroxylation is 2. The second-order valence-electron chi connectivity index (χ2n) is 5.92. The van der Waals surface area contributed by atoms with Crippen molar-refractivity contribution in [2.45, 2.75) is 19.9 Å². The van der Waals surface area contributed by atoms with Crippen molar-refractivity contribution in [2.75, 3.05) is 11.9 Å². The second-order valence-corrected chi connectivity index (χ2v) is 7.15. The van der Waals surface area contributed by atoms with Gasteiger partial charge in [0.25, 0.3) is 0 Å². The Balaban J connectivity index is 1.57. The van der Waals surface area contributed by atoms with E-state index in [0.29, 0.717) is 0 Å². The van der Waals surface area contributed by atoms with E-state index in [-0.39, 0.29) is 0 Å². The molecule has 0 aliphatic carbocycles. The SMILES string of the molecule is Cc1cc2c(NCCCn3ccnc3)nc(-c3ccccc3)nc2s1. The van der Waals surface area contributed by atoms with Crippen molar-refractivity contribution < 1.29 is 0 Å². The van der Waals surface area contributed by atoms with Gasteiger partial charge < -0.3 is 9.88 Å². The number of anilines is 1. The number of nitrogens with one attached hydrogen (secondary N) is 1. The Kier molecular flexibility index (Phi) is 4.43. The molecule has 0 amide bonds. The predicted octanol–water partition coefficient (Wildman–Crippen LogP) is 4.37. The molecule has 0 bridgehead atoms. The summed E-state index contributed by atoms with van der Waals surface area (Å²) in [7, 11) is 0. The van der Waals surface area contributed by atoms with Crippen LogP contribution in [-0.4, -0.2) is 26.1 Å². The Bertz CT molecular complexity index is 960. The molecule has 0 radical (unpaired) electrons. The van der Waals surface area contributed by atoms with Gasteiger partial charge >= 0.3 is 0 Å². The van der Waals surface area contributed by atoms with Gasteiger partial charge in [0.1, 0.15) is 10.6 Å². The van der Waals surface area contributed by atoms with E-state index in [4.69, 9.17) is 9.97 Å². The molecule has 0 aliphatic rings. The average Bonchev–Trinajstić information content (AvgIpc) is 3.27. The second kappa shape index (κ2) is 7.03. The molecule has 3 heterocycles. The summed E-state index contributed by atoms with van der Waals surface area (Å²) in [6.45, 7) is 3.90. The molecule has 0 fully saturated rings. The van der Waals surface area contributed by atoms with Crippen molar-refractivity contribution >= 4 is 27.4 Å². The molecule has 0 saturated carbocycles. The van der Waals surface area contributed by atoms with E-state index in [9.17, 15) is 0 Å². The van der Waals surface area contributed by atoms with E-state index in [1.54, 1.807) is 11.3 Å². The number of hydrogen-bond donors (Lipinski definition) is 1. The Morgan fingerprint density at radius 1 is 1.16 bits per heavy atom. The zero-order valence-electron chi connectivity index (χ0n) is 14.0. The molecule has 4 rings (SSSR count). The minimum atomic E-state index is 0.770. The van der Waals surface area contributed by atoms with Gasteiger partial charge in [-0.1, -0.05) is 30.3 Å². The van der Waals surface area contributed by atoms with Crippen LogP contribution in [0.2, 0.25) is 0 Å². The van der Waals surface area contributed by atoms with E-state index in [1.165, 1.54) is 4.88 Å². The van der Waals surface area contributed by atoms with Crippen LogP contribution in [-0.2, 0) is 6.54 Å². The summed E-state index contributed by atoms with van der Waals surface area (Å²) >= 11 is 1.71. The predicted molar refractivity (Wildman–Crippen MR) is 103 cm³/mol. The van der Waals surface area contributed by atoms with Crippen molar-refractivity contribution in [3.8, 4) is 11.4 Å². The van der Waals surface area contributed by atoms with Gasteiger partial charge in [-0.15, -0.1) is 11.3 Å². The first-order chi connectivity index (χ1) is 12.3. The fourth-order valence-corrected chi connectivity index (χ4v) is 3.66. The summed E-state index contributed by atoms with van der Waals surface area (Å²) in [6, 6.07) is 12.3. The Labute approximate surface area is 150 Å². The zero-order chi connectivity index (χ0) is 17.1. The van der Waals surface area contributed by atoms with Crippen molar-refractivity contribution in [1.29, 1.82) is 0 Å². The summed E-state index contributed by atoms with van der Waals surface area (Å²) in [4.78, 5) is 15.9. The Hall–Kier alpha value is -2.73. The maximum atomic E-state index is 4.78.